The summed E-state index contributed by atoms with van der Waals surface area (Å²) in [6.07, 6.45) is 0. The molecule has 0 spiro atoms. The van der Waals surface area contributed by atoms with E-state index in [4.69, 9.17) is 4.74 Å². The zero-order valence-corrected chi connectivity index (χ0v) is 17.0. The normalized spacial score (nSPS) is 12.4. The van der Waals surface area contributed by atoms with Gasteiger partial charge in [0, 0.05) is 12.7 Å². The molecular formula is C20H20N2O4S2. The van der Waals surface area contributed by atoms with Crippen molar-refractivity contribution in [2.45, 2.75) is 10.3 Å². The first-order valence-corrected chi connectivity index (χ1v) is 10.8. The fraction of sp³-hybridized carbons (Fsp3) is 0.150. The Bertz CT molecular complexity index is 1020. The fourth-order valence-corrected chi connectivity index (χ4v) is 4.85. The third-order valence-corrected chi connectivity index (χ3v) is 7.02. The fourth-order valence-electron chi connectivity index (χ4n) is 2.66. The van der Waals surface area contributed by atoms with Gasteiger partial charge < -0.3 is 9.64 Å². The van der Waals surface area contributed by atoms with E-state index in [1.165, 1.54) is 11.0 Å². The molecule has 1 N–H and O–H groups in total. The van der Waals surface area contributed by atoms with Gasteiger partial charge in [-0.2, -0.15) is 4.72 Å². The molecule has 0 fully saturated rings. The zero-order valence-electron chi connectivity index (χ0n) is 15.4. The van der Waals surface area contributed by atoms with Crippen LogP contribution in [0.2, 0.25) is 0 Å². The van der Waals surface area contributed by atoms with Gasteiger partial charge in [-0.25, -0.2) is 8.42 Å². The van der Waals surface area contributed by atoms with Crippen LogP contribution in [0.3, 0.4) is 0 Å². The van der Waals surface area contributed by atoms with Crippen LogP contribution in [-0.4, -0.2) is 28.5 Å². The molecule has 1 amide bonds. The Labute approximate surface area is 168 Å². The molecule has 1 unspecified atom stereocenters. The predicted octanol–water partition coefficient (Wildman–Crippen LogP) is 3.44. The lowest BCUT2D eigenvalue weighted by Crippen LogP contribution is -2.41. The van der Waals surface area contributed by atoms with Crippen molar-refractivity contribution in [1.82, 2.24) is 4.72 Å². The highest BCUT2D eigenvalue weighted by Gasteiger charge is 2.30. The Balaban J connectivity index is 1.93. The van der Waals surface area contributed by atoms with Crippen LogP contribution < -0.4 is 14.4 Å². The van der Waals surface area contributed by atoms with Gasteiger partial charge in [0.25, 0.3) is 10.0 Å². The lowest BCUT2D eigenvalue weighted by Gasteiger charge is -2.25. The second kappa shape index (κ2) is 8.55. The quantitative estimate of drug-likeness (QED) is 0.640. The van der Waals surface area contributed by atoms with Crippen molar-refractivity contribution in [3.8, 4) is 5.75 Å². The smallest absolute Gasteiger partial charge is 0.251 e. The number of carbonyl (C=O) groups is 1. The van der Waals surface area contributed by atoms with Crippen LogP contribution in [0.1, 0.15) is 11.6 Å². The molecule has 8 heteroatoms. The summed E-state index contributed by atoms with van der Waals surface area (Å²) in [6.45, 7) is 0. The van der Waals surface area contributed by atoms with Crippen molar-refractivity contribution in [3.05, 3.63) is 77.7 Å². The summed E-state index contributed by atoms with van der Waals surface area (Å²) in [7, 11) is -0.660. The summed E-state index contributed by atoms with van der Waals surface area (Å²) in [5.74, 6) is 0.277. The van der Waals surface area contributed by atoms with Crippen LogP contribution in [0, 0.1) is 0 Å². The Morgan fingerprint density at radius 3 is 2.29 bits per heavy atom. The van der Waals surface area contributed by atoms with E-state index in [-0.39, 0.29) is 4.21 Å². The van der Waals surface area contributed by atoms with Crippen molar-refractivity contribution in [2.24, 2.45) is 0 Å². The average molecular weight is 417 g/mol. The van der Waals surface area contributed by atoms with Crippen LogP contribution in [0.5, 0.6) is 5.75 Å². The number of carbonyl (C=O) groups excluding carboxylic acids is 1. The number of thiophene rings is 1. The number of likely N-dealkylation sites (N-methyl/N-ethyl adjacent to an activating group) is 1. The molecule has 1 atom stereocenters. The monoisotopic (exact) mass is 416 g/mol. The van der Waals surface area contributed by atoms with E-state index in [2.05, 4.69) is 4.72 Å². The number of hydrogen-bond donors (Lipinski definition) is 1. The Morgan fingerprint density at radius 1 is 1.04 bits per heavy atom. The highest BCUT2D eigenvalue weighted by atomic mass is 32.2. The third-order valence-electron chi connectivity index (χ3n) is 4.20. The summed E-state index contributed by atoms with van der Waals surface area (Å²) in [4.78, 5) is 14.6. The molecule has 2 aromatic carbocycles. The third kappa shape index (κ3) is 4.41. The van der Waals surface area contributed by atoms with E-state index in [0.717, 1.165) is 11.3 Å². The van der Waals surface area contributed by atoms with Gasteiger partial charge in [0.05, 0.1) is 7.11 Å². The van der Waals surface area contributed by atoms with Gasteiger partial charge in [-0.05, 0) is 41.3 Å². The van der Waals surface area contributed by atoms with E-state index >= 15 is 0 Å². The van der Waals surface area contributed by atoms with Crippen molar-refractivity contribution >= 4 is 33.0 Å². The highest BCUT2D eigenvalue weighted by Crippen LogP contribution is 2.25. The Kier molecular flexibility index (Phi) is 6.13. The molecule has 0 saturated carbocycles. The van der Waals surface area contributed by atoms with Crippen LogP contribution in [0.4, 0.5) is 5.69 Å². The van der Waals surface area contributed by atoms with E-state index < -0.39 is 22.0 Å². The molecule has 0 radical (unpaired) electrons. The summed E-state index contributed by atoms with van der Waals surface area (Å²) >= 11 is 1.10. The summed E-state index contributed by atoms with van der Waals surface area (Å²) in [6, 6.07) is 17.9. The number of methoxy groups -OCH3 is 1. The number of sulfonamides is 1. The van der Waals surface area contributed by atoms with E-state index in [9.17, 15) is 13.2 Å². The number of hydrogen-bond acceptors (Lipinski definition) is 5. The summed E-state index contributed by atoms with van der Waals surface area (Å²) < 4.78 is 33.3. The standard InChI is InChI=1S/C20H20N2O4S2/c1-22(16-10-12-17(26-2)13-11-16)20(23)19(15-7-4-3-5-8-15)21-28(24,25)18-9-6-14-27-18/h3-14,19,21H,1-2H3. The van der Waals surface area contributed by atoms with E-state index in [0.29, 0.717) is 17.0 Å². The van der Waals surface area contributed by atoms with Gasteiger partial charge in [0.2, 0.25) is 5.91 Å². The van der Waals surface area contributed by atoms with Crippen LogP contribution in [0.15, 0.2) is 76.3 Å². The topological polar surface area (TPSA) is 75.7 Å². The molecule has 1 heterocycles. The molecule has 0 aliphatic rings. The molecule has 3 aromatic rings. The Hall–Kier alpha value is -2.68. The largest absolute Gasteiger partial charge is 0.497 e. The van der Waals surface area contributed by atoms with Crippen LogP contribution in [-0.2, 0) is 14.8 Å². The predicted molar refractivity (Wildman–Crippen MR) is 110 cm³/mol. The molecule has 28 heavy (non-hydrogen) atoms. The second-order valence-corrected chi connectivity index (χ2v) is 8.88. The number of nitrogens with zero attached hydrogens (tertiary/aromatic N) is 1. The van der Waals surface area contributed by atoms with Gasteiger partial charge in [0.15, 0.2) is 0 Å². The molecular weight excluding hydrogens is 396 g/mol. The van der Waals surface area contributed by atoms with E-state index in [1.54, 1.807) is 74.1 Å². The van der Waals surface area contributed by atoms with Crippen LogP contribution >= 0.6 is 11.3 Å². The number of benzene rings is 2. The maximum absolute atomic E-state index is 13.2. The van der Waals surface area contributed by atoms with Gasteiger partial charge in [-0.3, -0.25) is 4.79 Å². The van der Waals surface area contributed by atoms with E-state index in [1.807, 2.05) is 6.07 Å². The number of ether oxygens (including phenoxy) is 1. The SMILES string of the molecule is COc1ccc(N(C)C(=O)C(NS(=O)(=O)c2cccs2)c2ccccc2)cc1. The van der Waals surface area contributed by atoms with Gasteiger partial charge in [0.1, 0.15) is 16.0 Å². The minimum Gasteiger partial charge on any atom is -0.497 e. The molecule has 146 valence electrons. The maximum atomic E-state index is 13.2. The van der Waals surface area contributed by atoms with Crippen molar-refractivity contribution in [1.29, 1.82) is 0 Å². The lowest BCUT2D eigenvalue weighted by molar-refractivity contribution is -0.120. The van der Waals surface area contributed by atoms with Crippen LogP contribution in [0.25, 0.3) is 0 Å². The number of amides is 1. The summed E-state index contributed by atoms with van der Waals surface area (Å²) in [5, 5.41) is 1.68. The molecule has 0 aliphatic heterocycles. The van der Waals surface area contributed by atoms with Gasteiger partial charge in [-0.1, -0.05) is 36.4 Å². The minimum absolute atomic E-state index is 0.160. The van der Waals surface area contributed by atoms with Gasteiger partial charge >= 0.3 is 0 Å². The lowest BCUT2D eigenvalue weighted by atomic mass is 10.1. The molecule has 3 rings (SSSR count). The van der Waals surface area contributed by atoms with Crippen molar-refractivity contribution < 1.29 is 17.9 Å². The average Bonchev–Trinajstić information content (AvgIpc) is 3.28. The molecule has 0 aliphatic carbocycles. The number of nitrogens with one attached hydrogen (secondary N) is 1. The molecule has 0 saturated heterocycles. The molecule has 6 nitrogen and oxygen atoms in total. The highest BCUT2D eigenvalue weighted by molar-refractivity contribution is 7.91. The Morgan fingerprint density at radius 2 is 1.71 bits per heavy atom. The number of anilines is 1. The first kappa shape index (κ1) is 20.1. The first-order valence-electron chi connectivity index (χ1n) is 8.45. The second-order valence-electron chi connectivity index (χ2n) is 5.99. The maximum Gasteiger partial charge on any atom is 0.251 e. The zero-order chi connectivity index (χ0) is 20.1. The minimum atomic E-state index is -3.83. The van der Waals surface area contributed by atoms with Gasteiger partial charge in [-0.15, -0.1) is 11.3 Å². The number of rotatable bonds is 7. The molecule has 0 bridgehead atoms. The summed E-state index contributed by atoms with van der Waals surface area (Å²) in [5.41, 5.74) is 1.19. The van der Waals surface area contributed by atoms with Crippen molar-refractivity contribution in [3.63, 3.8) is 0 Å². The van der Waals surface area contributed by atoms with Crippen molar-refractivity contribution in [2.75, 3.05) is 19.1 Å². The molecule has 1 aromatic heterocycles. The first-order chi connectivity index (χ1) is 13.4.